The molecule has 0 N–H and O–H groups in total. The third kappa shape index (κ3) is 7.69. The van der Waals surface area contributed by atoms with Gasteiger partial charge in [0.15, 0.2) is 0 Å². The summed E-state index contributed by atoms with van der Waals surface area (Å²) in [6, 6.07) is 108. The quantitative estimate of drug-likeness (QED) is 0.133. The predicted octanol–water partition coefficient (Wildman–Crippen LogP) is 22.9. The van der Waals surface area contributed by atoms with E-state index in [2.05, 4.69) is 315 Å². The summed E-state index contributed by atoms with van der Waals surface area (Å²) in [5, 5.41) is 12.7. The van der Waals surface area contributed by atoms with Crippen LogP contribution in [0.15, 0.2) is 291 Å². The van der Waals surface area contributed by atoms with Crippen molar-refractivity contribution in [2.45, 2.75) is 19.3 Å². The number of hydrogen-bond acceptors (Lipinski definition) is 3. The highest BCUT2D eigenvalue weighted by atomic mass is 32.1. The van der Waals surface area contributed by atoms with E-state index >= 15 is 0 Å². The standard InChI is InChI=1S/C79H54N2S/c1-79(2)74-49-54(61-29-17-30-72-71-28-15-16-31-77(71)82-78(61)72)37-44-68(74)69-45-42-59(50-75(69)79)81(58-38-32-51(33-39-58)53-36-43-67-65-25-10-9-23-63(65)64-24-11-12-26-66(64)73(67)48-53)76-47-46-60(62-22-13-14-27-70(62)76)52-34-40-57(41-35-52)80(55-18-5-3-6-19-55)56-20-7-4-8-21-56/h3-50H,1-2H3. The molecule has 0 spiro atoms. The van der Waals surface area contributed by atoms with Crippen molar-refractivity contribution in [1.29, 1.82) is 0 Å². The van der Waals surface area contributed by atoms with Gasteiger partial charge in [-0.05, 0) is 178 Å². The van der Waals surface area contributed by atoms with Crippen LogP contribution in [-0.2, 0) is 5.41 Å². The molecule has 1 aromatic heterocycles. The van der Waals surface area contributed by atoms with Crippen molar-refractivity contribution in [3.63, 3.8) is 0 Å². The number of para-hydroxylation sites is 2. The fourth-order valence-electron chi connectivity index (χ4n) is 13.4. The third-order valence-electron chi connectivity index (χ3n) is 17.4. The summed E-state index contributed by atoms with van der Waals surface area (Å²) in [6.07, 6.45) is 0. The normalized spacial score (nSPS) is 12.6. The van der Waals surface area contributed by atoms with Gasteiger partial charge < -0.3 is 9.80 Å². The van der Waals surface area contributed by atoms with Gasteiger partial charge in [0.2, 0.25) is 0 Å². The Labute approximate surface area is 481 Å². The lowest BCUT2D eigenvalue weighted by atomic mass is 9.81. The minimum absolute atomic E-state index is 0.263. The van der Waals surface area contributed by atoms with Crippen LogP contribution >= 0.6 is 11.3 Å². The number of thiophene rings is 1. The Balaban J connectivity index is 0.819. The Morgan fingerprint density at radius 2 is 0.720 bits per heavy atom. The Morgan fingerprint density at radius 3 is 1.39 bits per heavy atom. The van der Waals surface area contributed by atoms with E-state index in [-0.39, 0.29) is 5.41 Å². The van der Waals surface area contributed by atoms with E-state index in [9.17, 15) is 0 Å². The molecular formula is C79H54N2S. The molecule has 0 radical (unpaired) electrons. The first-order valence-corrected chi connectivity index (χ1v) is 29.2. The molecule has 0 saturated carbocycles. The van der Waals surface area contributed by atoms with Crippen molar-refractivity contribution in [3.8, 4) is 44.5 Å². The van der Waals surface area contributed by atoms with E-state index in [0.717, 1.165) is 34.1 Å². The van der Waals surface area contributed by atoms with Crippen LogP contribution in [-0.4, -0.2) is 0 Å². The van der Waals surface area contributed by atoms with E-state index in [0.29, 0.717) is 0 Å². The first-order valence-electron chi connectivity index (χ1n) is 28.4. The number of benzene rings is 14. The van der Waals surface area contributed by atoms with Gasteiger partial charge in [0.1, 0.15) is 0 Å². The van der Waals surface area contributed by atoms with Gasteiger partial charge in [-0.15, -0.1) is 11.3 Å². The van der Waals surface area contributed by atoms with Gasteiger partial charge in [-0.2, -0.15) is 0 Å². The molecule has 14 aromatic carbocycles. The van der Waals surface area contributed by atoms with Crippen molar-refractivity contribution in [3.05, 3.63) is 302 Å². The lowest BCUT2D eigenvalue weighted by Gasteiger charge is -2.30. The van der Waals surface area contributed by atoms with E-state index in [1.807, 2.05) is 11.3 Å². The molecule has 3 heteroatoms. The zero-order chi connectivity index (χ0) is 54.5. The van der Waals surface area contributed by atoms with Gasteiger partial charge in [-0.1, -0.05) is 220 Å². The highest BCUT2D eigenvalue weighted by Crippen LogP contribution is 2.53. The number of anilines is 6. The Bertz CT molecular complexity index is 4920. The second-order valence-corrected chi connectivity index (χ2v) is 23.4. The maximum absolute atomic E-state index is 2.49. The molecule has 16 rings (SSSR count). The summed E-state index contributed by atoms with van der Waals surface area (Å²) >= 11 is 1.90. The van der Waals surface area contributed by atoms with E-state index in [4.69, 9.17) is 0 Å². The van der Waals surface area contributed by atoms with Crippen molar-refractivity contribution >= 4 is 109 Å². The molecule has 386 valence electrons. The lowest BCUT2D eigenvalue weighted by Crippen LogP contribution is -2.17. The molecule has 0 amide bonds. The maximum Gasteiger partial charge on any atom is 0.0540 e. The maximum atomic E-state index is 2.49. The third-order valence-corrected chi connectivity index (χ3v) is 18.7. The van der Waals surface area contributed by atoms with Gasteiger partial charge in [0.05, 0.1) is 5.69 Å². The van der Waals surface area contributed by atoms with Crippen LogP contribution in [0, 0.1) is 0 Å². The molecule has 82 heavy (non-hydrogen) atoms. The van der Waals surface area contributed by atoms with Crippen LogP contribution < -0.4 is 9.80 Å². The van der Waals surface area contributed by atoms with Crippen LogP contribution in [0.3, 0.4) is 0 Å². The second-order valence-electron chi connectivity index (χ2n) is 22.4. The van der Waals surface area contributed by atoms with E-state index in [1.54, 1.807) is 0 Å². The molecule has 15 aromatic rings. The van der Waals surface area contributed by atoms with Crippen molar-refractivity contribution in [1.82, 2.24) is 0 Å². The highest BCUT2D eigenvalue weighted by Gasteiger charge is 2.37. The zero-order valence-corrected chi connectivity index (χ0v) is 46.3. The first kappa shape index (κ1) is 47.9. The minimum Gasteiger partial charge on any atom is -0.311 e. The molecule has 2 nitrogen and oxygen atoms in total. The van der Waals surface area contributed by atoms with Gasteiger partial charge in [0, 0.05) is 59.4 Å². The molecule has 1 heterocycles. The zero-order valence-electron chi connectivity index (χ0n) is 45.5. The van der Waals surface area contributed by atoms with Crippen molar-refractivity contribution in [2.75, 3.05) is 9.80 Å². The van der Waals surface area contributed by atoms with Crippen LogP contribution in [0.5, 0.6) is 0 Å². The van der Waals surface area contributed by atoms with Gasteiger partial charge in [-0.3, -0.25) is 0 Å². The molecule has 1 aliphatic carbocycles. The van der Waals surface area contributed by atoms with Crippen LogP contribution in [0.4, 0.5) is 34.1 Å². The average Bonchev–Trinajstić information content (AvgIpc) is 3.56. The van der Waals surface area contributed by atoms with Gasteiger partial charge in [-0.25, -0.2) is 0 Å². The highest BCUT2D eigenvalue weighted by molar-refractivity contribution is 7.26. The number of fused-ring (bicyclic) bond motifs is 13. The molecule has 0 fully saturated rings. The summed E-state index contributed by atoms with van der Waals surface area (Å²) in [5.41, 5.74) is 19.0. The molecule has 0 atom stereocenters. The fourth-order valence-corrected chi connectivity index (χ4v) is 14.7. The molecular weight excluding hydrogens is 1010 g/mol. The summed E-state index contributed by atoms with van der Waals surface area (Å²) in [7, 11) is 0. The molecule has 1 aliphatic rings. The molecule has 0 aliphatic heterocycles. The van der Waals surface area contributed by atoms with E-state index in [1.165, 1.54) is 119 Å². The summed E-state index contributed by atoms with van der Waals surface area (Å²) in [5.74, 6) is 0. The van der Waals surface area contributed by atoms with Gasteiger partial charge >= 0.3 is 0 Å². The van der Waals surface area contributed by atoms with Crippen molar-refractivity contribution in [2.24, 2.45) is 0 Å². The monoisotopic (exact) mass is 1060 g/mol. The predicted molar refractivity (Wildman–Crippen MR) is 353 cm³/mol. The van der Waals surface area contributed by atoms with Crippen LogP contribution in [0.2, 0.25) is 0 Å². The Morgan fingerprint density at radius 1 is 0.256 bits per heavy atom. The number of hydrogen-bond donors (Lipinski definition) is 0. The SMILES string of the molecule is CC1(C)c2cc(-c3cccc4c3sc3ccccc34)ccc2-c2ccc(N(c3ccc(-c4ccc5c6ccccc6c6ccccc6c5c4)cc3)c3ccc(-c4ccc(N(c5ccccc5)c5ccccc5)cc4)c4ccccc34)cc21. The summed E-state index contributed by atoms with van der Waals surface area (Å²) < 4.78 is 2.67. The lowest BCUT2D eigenvalue weighted by molar-refractivity contribution is 0.660. The smallest absolute Gasteiger partial charge is 0.0540 e. The number of rotatable bonds is 9. The van der Waals surface area contributed by atoms with Crippen molar-refractivity contribution < 1.29 is 0 Å². The summed E-state index contributed by atoms with van der Waals surface area (Å²) in [4.78, 5) is 4.81. The first-order chi connectivity index (χ1) is 40.4. The number of nitrogens with zero attached hydrogens (tertiary/aromatic N) is 2. The van der Waals surface area contributed by atoms with E-state index < -0.39 is 0 Å². The minimum atomic E-state index is -0.263. The molecule has 0 bridgehead atoms. The van der Waals surface area contributed by atoms with Crippen LogP contribution in [0.25, 0.3) is 108 Å². The van der Waals surface area contributed by atoms with Gasteiger partial charge in [0.25, 0.3) is 0 Å². The largest absolute Gasteiger partial charge is 0.311 e. The molecule has 0 unspecified atom stereocenters. The Hall–Kier alpha value is -10.1. The summed E-state index contributed by atoms with van der Waals surface area (Å²) in [6.45, 7) is 4.82. The van der Waals surface area contributed by atoms with Crippen LogP contribution in [0.1, 0.15) is 25.0 Å². The average molecular weight is 1060 g/mol. The topological polar surface area (TPSA) is 6.48 Å². The molecule has 0 saturated heterocycles. The fraction of sp³-hybridized carbons (Fsp3) is 0.0380. The second kappa shape index (κ2) is 19.1. The Kier molecular flexibility index (Phi) is 11.1.